The Hall–Kier alpha value is -3.66. The molecule has 0 aliphatic rings. The normalized spacial score (nSPS) is 11.5. The Bertz CT molecular complexity index is 1030. The molecule has 126 valence electrons. The van der Waals surface area contributed by atoms with Gasteiger partial charge in [0.15, 0.2) is 11.5 Å². The van der Waals surface area contributed by atoms with Crippen LogP contribution in [0.2, 0.25) is 0 Å². The number of rotatable bonds is 4. The van der Waals surface area contributed by atoms with Crippen LogP contribution >= 0.6 is 0 Å². The highest BCUT2D eigenvalue weighted by atomic mass is 16.7. The van der Waals surface area contributed by atoms with Crippen LogP contribution in [0.4, 0.5) is 0 Å². The van der Waals surface area contributed by atoms with E-state index in [2.05, 4.69) is 5.16 Å². The molecule has 0 atom stereocenters. The summed E-state index contributed by atoms with van der Waals surface area (Å²) < 4.78 is 5.90. The highest BCUT2D eigenvalue weighted by molar-refractivity contribution is 6.12. The highest BCUT2D eigenvalue weighted by Gasteiger charge is 2.15. The number of hydrogen-bond acceptors (Lipinski definition) is 4. The number of hydrogen-bond donors (Lipinski definition) is 0. The minimum atomic E-state index is -0.518. The monoisotopic (exact) mass is 341 g/mol. The summed E-state index contributed by atoms with van der Waals surface area (Å²) in [6.45, 7) is 0. The second-order valence-corrected chi connectivity index (χ2v) is 5.70. The molecule has 0 aliphatic carbocycles. The van der Waals surface area contributed by atoms with Gasteiger partial charge >= 0.3 is 5.97 Å². The third kappa shape index (κ3) is 3.26. The van der Waals surface area contributed by atoms with Crippen molar-refractivity contribution in [3.63, 3.8) is 0 Å². The van der Waals surface area contributed by atoms with Gasteiger partial charge in [-0.2, -0.15) is 0 Å². The zero-order valence-electron chi connectivity index (χ0n) is 13.8. The van der Waals surface area contributed by atoms with Gasteiger partial charge in [-0.1, -0.05) is 71.9 Å². The summed E-state index contributed by atoms with van der Waals surface area (Å²) in [4.78, 5) is 17.4. The maximum absolute atomic E-state index is 12.2. The van der Waals surface area contributed by atoms with Gasteiger partial charge in [0.1, 0.15) is 5.58 Å². The average molecular weight is 341 g/mol. The highest BCUT2D eigenvalue weighted by Crippen LogP contribution is 2.22. The Morgan fingerprint density at radius 2 is 1.38 bits per heavy atom. The lowest BCUT2D eigenvalue weighted by Gasteiger charge is -2.04. The van der Waals surface area contributed by atoms with Crippen LogP contribution in [0.5, 0.6) is 0 Å². The first kappa shape index (κ1) is 15.8. The molecule has 0 fully saturated rings. The van der Waals surface area contributed by atoms with Crippen molar-refractivity contribution in [1.29, 1.82) is 0 Å². The van der Waals surface area contributed by atoms with Gasteiger partial charge in [0.05, 0.1) is 5.56 Å². The molecule has 0 radical (unpaired) electrons. The summed E-state index contributed by atoms with van der Waals surface area (Å²) in [5.74, 6) is 0.0217. The first-order chi connectivity index (χ1) is 12.8. The number of carbonyl (C=O) groups excluding carboxylic acids is 1. The predicted octanol–water partition coefficient (Wildman–Crippen LogP) is 5.04. The number of para-hydroxylation sites is 1. The van der Waals surface area contributed by atoms with Crippen LogP contribution in [0.25, 0.3) is 11.0 Å². The second kappa shape index (κ2) is 7.07. The first-order valence-corrected chi connectivity index (χ1v) is 8.20. The fraction of sp³-hybridized carbons (Fsp3) is 0. The summed E-state index contributed by atoms with van der Waals surface area (Å²) in [7, 11) is 0. The van der Waals surface area contributed by atoms with E-state index in [-0.39, 0.29) is 0 Å². The number of fused-ring (bicyclic) bond motifs is 1. The molecule has 4 heteroatoms. The van der Waals surface area contributed by atoms with Crippen molar-refractivity contribution >= 4 is 22.7 Å². The number of nitrogens with zero attached hydrogens (tertiary/aromatic N) is 1. The summed E-state index contributed by atoms with van der Waals surface area (Å²) in [6.07, 6.45) is 0. The molecule has 0 N–H and O–H groups in total. The van der Waals surface area contributed by atoms with Crippen molar-refractivity contribution in [2.75, 3.05) is 0 Å². The van der Waals surface area contributed by atoms with Gasteiger partial charge < -0.3 is 9.25 Å². The quantitative estimate of drug-likeness (QED) is 0.297. The van der Waals surface area contributed by atoms with Crippen molar-refractivity contribution in [3.8, 4) is 0 Å². The van der Waals surface area contributed by atoms with E-state index in [0.29, 0.717) is 17.0 Å². The van der Waals surface area contributed by atoms with Gasteiger partial charge in [0.2, 0.25) is 0 Å². The Morgan fingerprint density at radius 1 is 0.769 bits per heavy atom. The summed E-state index contributed by atoms with van der Waals surface area (Å²) in [6, 6.07) is 27.8. The molecule has 0 bridgehead atoms. The van der Waals surface area contributed by atoms with Gasteiger partial charge in [-0.15, -0.1) is 0 Å². The van der Waals surface area contributed by atoms with Crippen molar-refractivity contribution in [2.45, 2.75) is 0 Å². The van der Waals surface area contributed by atoms with E-state index >= 15 is 0 Å². The van der Waals surface area contributed by atoms with Gasteiger partial charge in [-0.05, 0) is 24.3 Å². The van der Waals surface area contributed by atoms with Gasteiger partial charge in [0.25, 0.3) is 0 Å². The molecule has 0 spiro atoms. The Balaban J connectivity index is 1.72. The molecule has 1 aromatic heterocycles. The van der Waals surface area contributed by atoms with E-state index in [1.807, 2.05) is 66.7 Å². The zero-order chi connectivity index (χ0) is 17.8. The largest absolute Gasteiger partial charge is 0.454 e. The molecule has 1 heterocycles. The Labute approximate surface area is 150 Å². The lowest BCUT2D eigenvalue weighted by Crippen LogP contribution is -2.07. The molecular weight excluding hydrogens is 326 g/mol. The number of benzene rings is 3. The minimum absolute atomic E-state index is 0.438. The van der Waals surface area contributed by atoms with Gasteiger partial charge in [-0.25, -0.2) is 4.79 Å². The van der Waals surface area contributed by atoms with Crippen molar-refractivity contribution in [3.05, 3.63) is 108 Å². The molecule has 0 unspecified atom stereocenters. The molecule has 0 saturated heterocycles. The third-order valence-electron chi connectivity index (χ3n) is 3.94. The standard InChI is InChI=1S/C22H15NO3/c24-22(17-11-5-2-6-12-17)26-23-21(16-9-3-1-4-10-16)20-15-18-13-7-8-14-19(18)25-20/h1-15H/b23-21+. The Kier molecular flexibility index (Phi) is 4.31. The summed E-state index contributed by atoms with van der Waals surface area (Å²) in [5, 5.41) is 5.07. The topological polar surface area (TPSA) is 51.8 Å². The molecule has 26 heavy (non-hydrogen) atoms. The number of oxime groups is 1. The SMILES string of the molecule is O=C(O/N=C(\c1ccccc1)c1cc2ccccc2o1)c1ccccc1. The van der Waals surface area contributed by atoms with Gasteiger partial charge in [-0.3, -0.25) is 0 Å². The first-order valence-electron chi connectivity index (χ1n) is 8.20. The van der Waals surface area contributed by atoms with Crippen molar-refractivity contribution in [2.24, 2.45) is 5.16 Å². The average Bonchev–Trinajstić information content (AvgIpc) is 3.13. The lowest BCUT2D eigenvalue weighted by atomic mass is 10.1. The number of carbonyl (C=O) groups is 1. The van der Waals surface area contributed by atoms with E-state index in [9.17, 15) is 4.79 Å². The predicted molar refractivity (Wildman–Crippen MR) is 100 cm³/mol. The van der Waals surface area contributed by atoms with E-state index in [1.54, 1.807) is 24.3 Å². The van der Waals surface area contributed by atoms with Crippen LogP contribution in [-0.2, 0) is 4.84 Å². The second-order valence-electron chi connectivity index (χ2n) is 5.70. The van der Waals surface area contributed by atoms with E-state index in [0.717, 1.165) is 16.5 Å². The van der Waals surface area contributed by atoms with Crippen LogP contribution in [0.3, 0.4) is 0 Å². The van der Waals surface area contributed by atoms with E-state index in [4.69, 9.17) is 9.25 Å². The third-order valence-corrected chi connectivity index (χ3v) is 3.94. The van der Waals surface area contributed by atoms with Crippen LogP contribution in [0, 0.1) is 0 Å². The van der Waals surface area contributed by atoms with Crippen LogP contribution in [0.15, 0.2) is 101 Å². The molecule has 0 saturated carbocycles. The van der Waals surface area contributed by atoms with Crippen LogP contribution in [0.1, 0.15) is 21.7 Å². The molecule has 4 aromatic rings. The summed E-state index contributed by atoms with van der Waals surface area (Å²) >= 11 is 0. The number of furan rings is 1. The maximum atomic E-state index is 12.2. The van der Waals surface area contributed by atoms with Crippen molar-refractivity contribution in [1.82, 2.24) is 0 Å². The van der Waals surface area contributed by atoms with Gasteiger partial charge in [0, 0.05) is 10.9 Å². The molecule has 0 amide bonds. The summed E-state index contributed by atoms with van der Waals surface area (Å²) in [5.41, 5.74) is 2.45. The maximum Gasteiger partial charge on any atom is 0.365 e. The Morgan fingerprint density at radius 3 is 2.08 bits per heavy atom. The fourth-order valence-electron chi connectivity index (χ4n) is 2.65. The van der Waals surface area contributed by atoms with E-state index < -0.39 is 5.97 Å². The molecular formula is C22H15NO3. The molecule has 0 aliphatic heterocycles. The fourth-order valence-corrected chi connectivity index (χ4v) is 2.65. The minimum Gasteiger partial charge on any atom is -0.454 e. The van der Waals surface area contributed by atoms with Crippen molar-refractivity contribution < 1.29 is 14.0 Å². The van der Waals surface area contributed by atoms with Crippen LogP contribution in [-0.4, -0.2) is 11.7 Å². The zero-order valence-corrected chi connectivity index (χ0v) is 13.8. The molecule has 3 aromatic carbocycles. The lowest BCUT2D eigenvalue weighted by molar-refractivity contribution is 0.0516. The van der Waals surface area contributed by atoms with Crippen LogP contribution < -0.4 is 0 Å². The smallest absolute Gasteiger partial charge is 0.365 e. The van der Waals surface area contributed by atoms with E-state index in [1.165, 1.54) is 0 Å². The molecule has 4 nitrogen and oxygen atoms in total. The molecule has 4 rings (SSSR count).